The minimum atomic E-state index is -0.271. The highest BCUT2D eigenvalue weighted by atomic mass is 19.1. The topological polar surface area (TPSA) is 68.4 Å². The summed E-state index contributed by atoms with van der Waals surface area (Å²) in [6.45, 7) is 2.31. The highest BCUT2D eigenvalue weighted by molar-refractivity contribution is 5.88. The van der Waals surface area contributed by atoms with Crippen LogP contribution in [-0.4, -0.2) is 64.7 Å². The smallest absolute Gasteiger partial charge is 0.320 e. The number of fused-ring (bicyclic) bond motifs is 2. The molecule has 29 heavy (non-hydrogen) atoms. The van der Waals surface area contributed by atoms with Gasteiger partial charge in [-0.2, -0.15) is 5.10 Å². The Hall–Kier alpha value is -3.16. The van der Waals surface area contributed by atoms with Gasteiger partial charge in [0.2, 0.25) is 0 Å². The maximum Gasteiger partial charge on any atom is 0.320 e. The Morgan fingerprint density at radius 3 is 2.90 bits per heavy atom. The number of rotatable bonds is 2. The third kappa shape index (κ3) is 2.90. The SMILES string of the molecule is CN(C)C(=O)N1C[C@H]2CN(c3ccnc4[nH]ncc34)C[C@H]2[C@H]1c1cccc(F)c1. The van der Waals surface area contributed by atoms with Crippen molar-refractivity contribution >= 4 is 22.8 Å². The summed E-state index contributed by atoms with van der Waals surface area (Å²) in [6.07, 6.45) is 3.59. The van der Waals surface area contributed by atoms with Gasteiger partial charge in [-0.25, -0.2) is 14.2 Å². The molecule has 0 bridgehead atoms. The third-order valence-corrected chi connectivity index (χ3v) is 6.15. The lowest BCUT2D eigenvalue weighted by Crippen LogP contribution is -2.41. The van der Waals surface area contributed by atoms with Gasteiger partial charge in [0.15, 0.2) is 5.65 Å². The van der Waals surface area contributed by atoms with Crippen LogP contribution in [0.3, 0.4) is 0 Å². The summed E-state index contributed by atoms with van der Waals surface area (Å²) in [7, 11) is 3.52. The van der Waals surface area contributed by atoms with Crippen molar-refractivity contribution < 1.29 is 9.18 Å². The summed E-state index contributed by atoms with van der Waals surface area (Å²) < 4.78 is 14.0. The lowest BCUT2D eigenvalue weighted by molar-refractivity contribution is 0.159. The summed E-state index contributed by atoms with van der Waals surface area (Å²) in [5.74, 6) is 0.283. The second kappa shape index (κ2) is 6.72. The number of hydrogen-bond donors (Lipinski definition) is 1. The number of hydrogen-bond acceptors (Lipinski definition) is 4. The first kappa shape index (κ1) is 17.9. The standard InChI is InChI=1S/C21H23FN6O/c1-26(2)21(29)28-11-14-10-27(18-6-7-23-20-16(18)9-24-25-20)12-17(14)19(28)13-4-3-5-15(22)8-13/h3-9,14,17,19H,10-12H2,1-2H3,(H,23,24,25)/t14-,17-,19-/m1/s1. The number of carbonyl (C=O) groups is 1. The van der Waals surface area contributed by atoms with Crippen molar-refractivity contribution in [3.63, 3.8) is 0 Å². The Balaban J connectivity index is 1.50. The Morgan fingerprint density at radius 1 is 1.24 bits per heavy atom. The number of pyridine rings is 1. The van der Waals surface area contributed by atoms with E-state index in [2.05, 4.69) is 20.1 Å². The predicted molar refractivity (Wildman–Crippen MR) is 108 cm³/mol. The van der Waals surface area contributed by atoms with Crippen LogP contribution in [0.4, 0.5) is 14.9 Å². The molecule has 2 saturated heterocycles. The zero-order valence-corrected chi connectivity index (χ0v) is 16.4. The lowest BCUT2D eigenvalue weighted by atomic mass is 9.89. The summed E-state index contributed by atoms with van der Waals surface area (Å²) in [5, 5.41) is 8.04. The molecule has 2 aromatic heterocycles. The maximum absolute atomic E-state index is 14.0. The molecule has 3 atom stereocenters. The van der Waals surface area contributed by atoms with Crippen LogP contribution in [0.5, 0.6) is 0 Å². The van der Waals surface area contributed by atoms with E-state index < -0.39 is 0 Å². The molecule has 2 fully saturated rings. The van der Waals surface area contributed by atoms with Crippen LogP contribution < -0.4 is 4.90 Å². The number of aromatic nitrogens is 3. The Labute approximate surface area is 168 Å². The molecule has 7 nitrogen and oxygen atoms in total. The fraction of sp³-hybridized carbons (Fsp3) is 0.381. The molecular formula is C21H23FN6O. The molecule has 0 aliphatic carbocycles. The van der Waals surface area contributed by atoms with E-state index in [1.54, 1.807) is 43.5 Å². The van der Waals surface area contributed by atoms with Gasteiger partial charge >= 0.3 is 6.03 Å². The van der Waals surface area contributed by atoms with Crippen molar-refractivity contribution in [1.82, 2.24) is 25.0 Å². The number of amides is 2. The van der Waals surface area contributed by atoms with Crippen LogP contribution in [0.2, 0.25) is 0 Å². The molecule has 2 amide bonds. The number of aromatic amines is 1. The van der Waals surface area contributed by atoms with Crippen LogP contribution in [0.1, 0.15) is 11.6 Å². The summed E-state index contributed by atoms with van der Waals surface area (Å²) in [6, 6.07) is 8.50. The number of nitrogens with one attached hydrogen (secondary N) is 1. The first-order valence-corrected chi connectivity index (χ1v) is 9.79. The summed E-state index contributed by atoms with van der Waals surface area (Å²) in [4.78, 5) is 23.0. The average molecular weight is 394 g/mol. The van der Waals surface area contributed by atoms with Gasteiger partial charge in [-0.05, 0) is 23.8 Å². The van der Waals surface area contributed by atoms with Crippen LogP contribution >= 0.6 is 0 Å². The summed E-state index contributed by atoms with van der Waals surface area (Å²) in [5.41, 5.74) is 2.73. The molecule has 1 N–H and O–H groups in total. The van der Waals surface area contributed by atoms with Crippen molar-refractivity contribution in [2.45, 2.75) is 6.04 Å². The van der Waals surface area contributed by atoms with E-state index in [1.807, 2.05) is 17.0 Å². The van der Waals surface area contributed by atoms with Gasteiger partial charge in [0.1, 0.15) is 5.82 Å². The van der Waals surface area contributed by atoms with E-state index in [1.165, 1.54) is 6.07 Å². The van der Waals surface area contributed by atoms with Crippen molar-refractivity contribution in [3.05, 3.63) is 54.1 Å². The van der Waals surface area contributed by atoms with E-state index in [4.69, 9.17) is 0 Å². The Kier molecular flexibility index (Phi) is 4.15. The van der Waals surface area contributed by atoms with Crippen molar-refractivity contribution in [2.24, 2.45) is 11.8 Å². The predicted octanol–water partition coefficient (Wildman–Crippen LogP) is 2.89. The normalized spacial score (nSPS) is 23.6. The van der Waals surface area contributed by atoms with Crippen LogP contribution in [0.25, 0.3) is 11.0 Å². The highest BCUT2D eigenvalue weighted by Gasteiger charge is 2.49. The quantitative estimate of drug-likeness (QED) is 0.726. The van der Waals surface area contributed by atoms with Gasteiger partial charge in [0, 0.05) is 51.8 Å². The molecule has 2 aliphatic heterocycles. The molecule has 2 aliphatic rings. The number of carbonyl (C=O) groups excluding carboxylic acids is 1. The van der Waals surface area contributed by atoms with E-state index in [-0.39, 0.29) is 23.8 Å². The molecule has 0 radical (unpaired) electrons. The molecule has 4 heterocycles. The molecule has 5 rings (SSSR count). The number of H-pyrrole nitrogens is 1. The van der Waals surface area contributed by atoms with E-state index in [9.17, 15) is 9.18 Å². The number of urea groups is 1. The van der Waals surface area contributed by atoms with Crippen LogP contribution in [0.15, 0.2) is 42.7 Å². The molecule has 3 aromatic rings. The molecular weight excluding hydrogens is 371 g/mol. The first-order chi connectivity index (χ1) is 14.0. The zero-order chi connectivity index (χ0) is 20.1. The fourth-order valence-electron chi connectivity index (χ4n) is 4.93. The number of likely N-dealkylation sites (tertiary alicyclic amines) is 1. The highest BCUT2D eigenvalue weighted by Crippen LogP contribution is 2.46. The van der Waals surface area contributed by atoms with Crippen LogP contribution in [-0.2, 0) is 0 Å². The van der Waals surface area contributed by atoms with E-state index in [0.717, 1.165) is 35.4 Å². The second-order valence-corrected chi connectivity index (χ2v) is 8.12. The maximum atomic E-state index is 14.0. The van der Waals surface area contributed by atoms with Gasteiger partial charge in [-0.3, -0.25) is 5.10 Å². The average Bonchev–Trinajstić information content (AvgIpc) is 3.40. The lowest BCUT2D eigenvalue weighted by Gasteiger charge is -2.32. The molecule has 150 valence electrons. The Morgan fingerprint density at radius 2 is 2.10 bits per heavy atom. The first-order valence-electron chi connectivity index (χ1n) is 9.79. The van der Waals surface area contributed by atoms with E-state index >= 15 is 0 Å². The van der Waals surface area contributed by atoms with Gasteiger partial charge in [0.25, 0.3) is 0 Å². The number of nitrogens with zero attached hydrogens (tertiary/aromatic N) is 5. The van der Waals surface area contributed by atoms with E-state index in [0.29, 0.717) is 12.5 Å². The fourth-order valence-corrected chi connectivity index (χ4v) is 4.93. The minimum absolute atomic E-state index is 0.0265. The Bertz CT molecular complexity index is 1070. The number of anilines is 1. The number of halogens is 1. The van der Waals surface area contributed by atoms with Gasteiger partial charge < -0.3 is 14.7 Å². The number of benzene rings is 1. The van der Waals surface area contributed by atoms with Gasteiger partial charge in [0.05, 0.1) is 23.3 Å². The molecule has 8 heteroatoms. The molecule has 0 unspecified atom stereocenters. The molecule has 0 saturated carbocycles. The minimum Gasteiger partial charge on any atom is -0.370 e. The van der Waals surface area contributed by atoms with Crippen molar-refractivity contribution in [2.75, 3.05) is 38.6 Å². The molecule has 0 spiro atoms. The second-order valence-electron chi connectivity index (χ2n) is 8.12. The van der Waals surface area contributed by atoms with Crippen molar-refractivity contribution in [1.29, 1.82) is 0 Å². The van der Waals surface area contributed by atoms with Gasteiger partial charge in [-0.15, -0.1) is 0 Å². The van der Waals surface area contributed by atoms with Crippen molar-refractivity contribution in [3.8, 4) is 0 Å². The third-order valence-electron chi connectivity index (χ3n) is 6.15. The van der Waals surface area contributed by atoms with Gasteiger partial charge in [-0.1, -0.05) is 12.1 Å². The summed E-state index contributed by atoms with van der Waals surface area (Å²) >= 11 is 0. The largest absolute Gasteiger partial charge is 0.370 e. The monoisotopic (exact) mass is 394 g/mol. The zero-order valence-electron chi connectivity index (χ0n) is 16.4. The van der Waals surface area contributed by atoms with Crippen LogP contribution in [0, 0.1) is 17.7 Å². The molecule has 1 aromatic carbocycles.